The first kappa shape index (κ1) is 15.4. The average Bonchev–Trinajstić information content (AvgIpc) is 2.43. The summed E-state index contributed by atoms with van der Waals surface area (Å²) in [6, 6.07) is 8.10. The number of likely N-dealkylation sites (N-methyl/N-ethyl adjacent to an activating group) is 1. The molecule has 0 aliphatic heterocycles. The van der Waals surface area contributed by atoms with Crippen molar-refractivity contribution in [2.24, 2.45) is 0 Å². The van der Waals surface area contributed by atoms with Crippen LogP contribution in [-0.2, 0) is 4.79 Å². The fraction of sp³-hybridized carbons (Fsp3) is 0.438. The summed E-state index contributed by atoms with van der Waals surface area (Å²) in [5.74, 6) is -0.0345. The Labute approximate surface area is 116 Å². The van der Waals surface area contributed by atoms with Gasteiger partial charge in [0.15, 0.2) is 0 Å². The zero-order valence-corrected chi connectivity index (χ0v) is 12.1. The van der Waals surface area contributed by atoms with E-state index >= 15 is 0 Å². The number of benzene rings is 1. The van der Waals surface area contributed by atoms with Gasteiger partial charge in [-0.1, -0.05) is 43.7 Å². The summed E-state index contributed by atoms with van der Waals surface area (Å²) in [7, 11) is 0. The molecule has 0 heterocycles. The van der Waals surface area contributed by atoms with Gasteiger partial charge in [-0.05, 0) is 31.7 Å². The molecular weight excluding hydrogens is 236 g/mol. The lowest BCUT2D eigenvalue weighted by molar-refractivity contribution is -0.116. The third-order valence-electron chi connectivity index (χ3n) is 3.13. The maximum absolute atomic E-state index is 11.6. The number of carbonyl (C=O) groups is 1. The number of aryl methyl sites for hydroxylation is 1. The van der Waals surface area contributed by atoms with E-state index in [-0.39, 0.29) is 5.91 Å². The highest BCUT2D eigenvalue weighted by atomic mass is 16.1. The molecule has 0 atom stereocenters. The van der Waals surface area contributed by atoms with E-state index in [4.69, 9.17) is 0 Å². The predicted molar refractivity (Wildman–Crippen MR) is 81.0 cm³/mol. The normalized spacial score (nSPS) is 11.2. The number of carbonyl (C=O) groups excluding carboxylic acids is 1. The summed E-state index contributed by atoms with van der Waals surface area (Å²) < 4.78 is 0. The van der Waals surface area contributed by atoms with Crippen molar-refractivity contribution in [3.63, 3.8) is 0 Å². The molecule has 0 radical (unpaired) electrons. The first-order valence-electron chi connectivity index (χ1n) is 6.90. The predicted octanol–water partition coefficient (Wildman–Crippen LogP) is 2.47. The number of rotatable bonds is 7. The molecule has 0 unspecified atom stereocenters. The lowest BCUT2D eigenvalue weighted by Crippen LogP contribution is -2.34. The van der Waals surface area contributed by atoms with Crippen molar-refractivity contribution in [3.8, 4) is 0 Å². The van der Waals surface area contributed by atoms with Crippen LogP contribution in [0.4, 0.5) is 0 Å². The van der Waals surface area contributed by atoms with E-state index in [0.29, 0.717) is 6.54 Å². The second-order valence-electron chi connectivity index (χ2n) is 4.56. The second-order valence-corrected chi connectivity index (χ2v) is 4.56. The molecule has 0 bridgehead atoms. The van der Waals surface area contributed by atoms with Gasteiger partial charge in [0, 0.05) is 19.2 Å². The lowest BCUT2D eigenvalue weighted by Gasteiger charge is -2.17. The van der Waals surface area contributed by atoms with Crippen LogP contribution in [0.25, 0.3) is 6.08 Å². The molecule has 0 aliphatic carbocycles. The van der Waals surface area contributed by atoms with Crippen LogP contribution < -0.4 is 5.32 Å². The Morgan fingerprint density at radius 1 is 1.21 bits per heavy atom. The molecule has 0 spiro atoms. The zero-order valence-electron chi connectivity index (χ0n) is 12.1. The molecule has 3 nitrogen and oxygen atoms in total. The minimum Gasteiger partial charge on any atom is -0.351 e. The summed E-state index contributed by atoms with van der Waals surface area (Å²) in [6.45, 7) is 9.94. The molecule has 1 N–H and O–H groups in total. The minimum absolute atomic E-state index is 0.0345. The molecule has 1 aromatic carbocycles. The number of nitrogens with zero attached hydrogens (tertiary/aromatic N) is 1. The molecule has 0 saturated carbocycles. The molecule has 0 saturated heterocycles. The molecule has 3 heteroatoms. The van der Waals surface area contributed by atoms with Gasteiger partial charge in [-0.2, -0.15) is 0 Å². The van der Waals surface area contributed by atoms with Crippen LogP contribution in [0.5, 0.6) is 0 Å². The van der Waals surface area contributed by atoms with E-state index in [9.17, 15) is 4.79 Å². The highest BCUT2D eigenvalue weighted by molar-refractivity contribution is 5.91. The van der Waals surface area contributed by atoms with Crippen molar-refractivity contribution in [1.82, 2.24) is 10.2 Å². The van der Waals surface area contributed by atoms with Crippen molar-refractivity contribution in [3.05, 3.63) is 41.5 Å². The Bertz CT molecular complexity index is 405. The Morgan fingerprint density at radius 2 is 1.84 bits per heavy atom. The minimum atomic E-state index is -0.0345. The second kappa shape index (κ2) is 8.48. The number of amides is 1. The van der Waals surface area contributed by atoms with Crippen molar-refractivity contribution in [1.29, 1.82) is 0 Å². The summed E-state index contributed by atoms with van der Waals surface area (Å²) in [6.07, 6.45) is 3.43. The fourth-order valence-corrected chi connectivity index (χ4v) is 1.79. The van der Waals surface area contributed by atoms with E-state index in [1.807, 2.05) is 37.3 Å². The smallest absolute Gasteiger partial charge is 0.244 e. The Morgan fingerprint density at radius 3 is 2.42 bits per heavy atom. The summed E-state index contributed by atoms with van der Waals surface area (Å²) in [5.41, 5.74) is 2.27. The number of hydrogen-bond donors (Lipinski definition) is 1. The monoisotopic (exact) mass is 260 g/mol. The van der Waals surface area contributed by atoms with E-state index in [2.05, 4.69) is 24.1 Å². The van der Waals surface area contributed by atoms with Gasteiger partial charge in [-0.15, -0.1) is 0 Å². The summed E-state index contributed by atoms with van der Waals surface area (Å²) in [4.78, 5) is 13.9. The lowest BCUT2D eigenvalue weighted by atomic mass is 10.1. The van der Waals surface area contributed by atoms with Gasteiger partial charge in [0.2, 0.25) is 5.91 Å². The Kier molecular flexibility index (Phi) is 6.90. The summed E-state index contributed by atoms with van der Waals surface area (Å²) in [5, 5.41) is 2.90. The van der Waals surface area contributed by atoms with Crippen LogP contribution in [0, 0.1) is 6.92 Å². The van der Waals surface area contributed by atoms with Crippen molar-refractivity contribution >= 4 is 12.0 Å². The van der Waals surface area contributed by atoms with Crippen LogP contribution in [0.2, 0.25) is 0 Å². The Hall–Kier alpha value is -1.61. The molecule has 1 amide bonds. The van der Waals surface area contributed by atoms with Crippen molar-refractivity contribution in [2.75, 3.05) is 26.2 Å². The van der Waals surface area contributed by atoms with Crippen LogP contribution in [0.15, 0.2) is 30.3 Å². The molecular formula is C16H24N2O. The van der Waals surface area contributed by atoms with Crippen LogP contribution >= 0.6 is 0 Å². The van der Waals surface area contributed by atoms with Gasteiger partial charge in [0.1, 0.15) is 0 Å². The highest BCUT2D eigenvalue weighted by Gasteiger charge is 1.99. The SMILES string of the molecule is CCN(CC)CCNC(=O)C=Cc1ccc(C)cc1. The standard InChI is InChI=1S/C16H24N2O/c1-4-18(5-2)13-12-17-16(19)11-10-15-8-6-14(3)7-9-15/h6-11H,4-5,12-13H2,1-3H3,(H,17,19). The molecule has 0 aliphatic rings. The molecule has 19 heavy (non-hydrogen) atoms. The molecule has 1 rings (SSSR count). The average molecular weight is 260 g/mol. The zero-order chi connectivity index (χ0) is 14.1. The quantitative estimate of drug-likeness (QED) is 0.764. The largest absolute Gasteiger partial charge is 0.351 e. The topological polar surface area (TPSA) is 32.3 Å². The van der Waals surface area contributed by atoms with E-state index < -0.39 is 0 Å². The van der Waals surface area contributed by atoms with Gasteiger partial charge >= 0.3 is 0 Å². The third kappa shape index (κ3) is 6.20. The van der Waals surface area contributed by atoms with Crippen molar-refractivity contribution in [2.45, 2.75) is 20.8 Å². The first-order chi connectivity index (χ1) is 9.15. The Balaban J connectivity index is 2.32. The van der Waals surface area contributed by atoms with Gasteiger partial charge in [-0.3, -0.25) is 4.79 Å². The third-order valence-corrected chi connectivity index (χ3v) is 3.13. The van der Waals surface area contributed by atoms with E-state index in [1.165, 1.54) is 5.56 Å². The molecule has 0 aromatic heterocycles. The van der Waals surface area contributed by atoms with Crippen LogP contribution in [0.3, 0.4) is 0 Å². The maximum Gasteiger partial charge on any atom is 0.244 e. The maximum atomic E-state index is 11.6. The van der Waals surface area contributed by atoms with E-state index in [1.54, 1.807) is 6.08 Å². The molecule has 104 valence electrons. The number of hydrogen-bond acceptors (Lipinski definition) is 2. The van der Waals surface area contributed by atoms with Gasteiger partial charge < -0.3 is 10.2 Å². The number of nitrogens with one attached hydrogen (secondary N) is 1. The van der Waals surface area contributed by atoms with Crippen LogP contribution in [-0.4, -0.2) is 37.0 Å². The molecule has 1 aromatic rings. The van der Waals surface area contributed by atoms with Gasteiger partial charge in [0.05, 0.1) is 0 Å². The van der Waals surface area contributed by atoms with Gasteiger partial charge in [-0.25, -0.2) is 0 Å². The fourth-order valence-electron chi connectivity index (χ4n) is 1.79. The summed E-state index contributed by atoms with van der Waals surface area (Å²) >= 11 is 0. The van der Waals surface area contributed by atoms with Crippen molar-refractivity contribution < 1.29 is 4.79 Å². The molecule has 0 fully saturated rings. The van der Waals surface area contributed by atoms with E-state index in [0.717, 1.165) is 25.2 Å². The first-order valence-corrected chi connectivity index (χ1v) is 6.90. The highest BCUT2D eigenvalue weighted by Crippen LogP contribution is 2.04. The van der Waals surface area contributed by atoms with Gasteiger partial charge in [0.25, 0.3) is 0 Å². The van der Waals surface area contributed by atoms with Crippen LogP contribution in [0.1, 0.15) is 25.0 Å².